The molecule has 0 radical (unpaired) electrons. The predicted molar refractivity (Wildman–Crippen MR) is 83.1 cm³/mol. The van der Waals surface area contributed by atoms with Crippen LogP contribution in [-0.4, -0.2) is 16.8 Å². The molecule has 0 bridgehead atoms. The Hall–Kier alpha value is -3.21. The van der Waals surface area contributed by atoms with Crippen LogP contribution in [0.5, 0.6) is 0 Å². The molecule has 0 aliphatic carbocycles. The van der Waals surface area contributed by atoms with Crippen LogP contribution in [0.15, 0.2) is 67.0 Å². The SMILES string of the molecule is O=C(NNC(=O)c1ccc2ccccc2c1)c1cccnc1. The van der Waals surface area contributed by atoms with Crippen LogP contribution in [0.3, 0.4) is 0 Å². The number of aromatic nitrogens is 1. The number of nitrogens with zero attached hydrogens (tertiary/aromatic N) is 1. The van der Waals surface area contributed by atoms with Crippen LogP contribution in [-0.2, 0) is 0 Å². The fourth-order valence-electron chi connectivity index (χ4n) is 2.09. The summed E-state index contributed by atoms with van der Waals surface area (Å²) in [5.74, 6) is -0.787. The molecule has 0 fully saturated rings. The molecule has 0 aliphatic heterocycles. The van der Waals surface area contributed by atoms with Gasteiger partial charge < -0.3 is 0 Å². The highest BCUT2D eigenvalue weighted by Crippen LogP contribution is 2.15. The molecule has 108 valence electrons. The standard InChI is InChI=1S/C17H13N3O2/c21-16(19-20-17(22)15-6-3-9-18-11-15)14-8-7-12-4-1-2-5-13(12)10-14/h1-11H,(H,19,21)(H,20,22). The van der Waals surface area contributed by atoms with Crippen molar-refractivity contribution < 1.29 is 9.59 Å². The van der Waals surface area contributed by atoms with Crippen LogP contribution in [0, 0.1) is 0 Å². The molecule has 2 N–H and O–H groups in total. The number of carbonyl (C=O) groups excluding carboxylic acids is 2. The quantitative estimate of drug-likeness (QED) is 0.712. The second-order valence-electron chi connectivity index (χ2n) is 4.71. The Bertz CT molecular complexity index is 831. The first-order chi connectivity index (χ1) is 10.7. The highest BCUT2D eigenvalue weighted by atomic mass is 16.2. The number of benzene rings is 2. The minimum Gasteiger partial charge on any atom is -0.267 e. The molecule has 0 saturated heterocycles. The summed E-state index contributed by atoms with van der Waals surface area (Å²) in [5, 5.41) is 2.02. The minimum atomic E-state index is -0.415. The topological polar surface area (TPSA) is 71.1 Å². The van der Waals surface area contributed by atoms with E-state index in [-0.39, 0.29) is 5.91 Å². The zero-order chi connectivity index (χ0) is 15.4. The van der Waals surface area contributed by atoms with Crippen molar-refractivity contribution in [2.45, 2.75) is 0 Å². The van der Waals surface area contributed by atoms with Crippen molar-refractivity contribution >= 4 is 22.6 Å². The Balaban J connectivity index is 1.69. The molecule has 0 aliphatic rings. The third-order valence-electron chi connectivity index (χ3n) is 3.22. The Labute approximate surface area is 127 Å². The van der Waals surface area contributed by atoms with E-state index in [1.807, 2.05) is 30.3 Å². The van der Waals surface area contributed by atoms with Crippen molar-refractivity contribution in [1.29, 1.82) is 0 Å². The van der Waals surface area contributed by atoms with Crippen LogP contribution in [0.25, 0.3) is 10.8 Å². The van der Waals surface area contributed by atoms with Gasteiger partial charge in [0, 0.05) is 18.0 Å². The van der Waals surface area contributed by atoms with Crippen molar-refractivity contribution in [3.05, 3.63) is 78.1 Å². The molecular formula is C17H13N3O2. The summed E-state index contributed by atoms with van der Waals surface area (Å²) >= 11 is 0. The van der Waals surface area contributed by atoms with E-state index in [2.05, 4.69) is 15.8 Å². The lowest BCUT2D eigenvalue weighted by Gasteiger charge is -2.08. The van der Waals surface area contributed by atoms with Gasteiger partial charge in [0.15, 0.2) is 0 Å². The molecule has 0 unspecified atom stereocenters. The van der Waals surface area contributed by atoms with Crippen molar-refractivity contribution in [2.24, 2.45) is 0 Å². The molecule has 3 rings (SSSR count). The summed E-state index contributed by atoms with van der Waals surface area (Å²) in [6, 6.07) is 16.4. The maximum absolute atomic E-state index is 12.1. The first kappa shape index (κ1) is 13.8. The largest absolute Gasteiger partial charge is 0.271 e. The molecular weight excluding hydrogens is 278 g/mol. The van der Waals surface area contributed by atoms with E-state index in [0.717, 1.165) is 10.8 Å². The molecule has 2 aromatic carbocycles. The van der Waals surface area contributed by atoms with Gasteiger partial charge in [0.1, 0.15) is 0 Å². The number of nitrogens with one attached hydrogen (secondary N) is 2. The molecule has 3 aromatic rings. The van der Waals surface area contributed by atoms with Crippen LogP contribution in [0.1, 0.15) is 20.7 Å². The van der Waals surface area contributed by atoms with Gasteiger partial charge in [0.05, 0.1) is 5.56 Å². The van der Waals surface area contributed by atoms with Gasteiger partial charge >= 0.3 is 0 Å². The number of fused-ring (bicyclic) bond motifs is 1. The van der Waals surface area contributed by atoms with Gasteiger partial charge in [-0.3, -0.25) is 25.4 Å². The third kappa shape index (κ3) is 2.93. The number of hydrazine groups is 1. The minimum absolute atomic E-state index is 0.372. The predicted octanol–water partition coefficient (Wildman–Crippen LogP) is 2.31. The third-order valence-corrected chi connectivity index (χ3v) is 3.22. The summed E-state index contributed by atoms with van der Waals surface area (Å²) in [6.45, 7) is 0. The fourth-order valence-corrected chi connectivity index (χ4v) is 2.09. The maximum atomic E-state index is 12.1. The number of hydrogen-bond donors (Lipinski definition) is 2. The summed E-state index contributed by atoms with van der Waals surface area (Å²) in [4.78, 5) is 27.8. The lowest BCUT2D eigenvalue weighted by molar-refractivity contribution is 0.0846. The lowest BCUT2D eigenvalue weighted by atomic mass is 10.1. The van der Waals surface area contributed by atoms with Gasteiger partial charge in [-0.1, -0.05) is 30.3 Å². The number of amides is 2. The second kappa shape index (κ2) is 6.05. The molecule has 0 atom stereocenters. The normalized spacial score (nSPS) is 10.2. The monoisotopic (exact) mass is 291 g/mol. The van der Waals surface area contributed by atoms with Gasteiger partial charge in [-0.25, -0.2) is 0 Å². The zero-order valence-corrected chi connectivity index (χ0v) is 11.6. The average molecular weight is 291 g/mol. The molecule has 22 heavy (non-hydrogen) atoms. The summed E-state index contributed by atoms with van der Waals surface area (Å²) in [7, 11) is 0. The second-order valence-corrected chi connectivity index (χ2v) is 4.71. The molecule has 2 amide bonds. The van der Waals surface area contributed by atoms with E-state index in [1.165, 1.54) is 6.20 Å². The Morgan fingerprint density at radius 2 is 1.50 bits per heavy atom. The Morgan fingerprint density at radius 3 is 2.23 bits per heavy atom. The van der Waals surface area contributed by atoms with Crippen LogP contribution in [0.4, 0.5) is 0 Å². The highest BCUT2D eigenvalue weighted by molar-refractivity contribution is 6.01. The van der Waals surface area contributed by atoms with E-state index in [4.69, 9.17) is 0 Å². The number of rotatable bonds is 2. The van der Waals surface area contributed by atoms with Gasteiger partial charge in [-0.15, -0.1) is 0 Å². The van der Waals surface area contributed by atoms with Gasteiger partial charge in [0.25, 0.3) is 11.8 Å². The van der Waals surface area contributed by atoms with Gasteiger partial charge in [-0.05, 0) is 35.0 Å². The number of pyridine rings is 1. The smallest absolute Gasteiger partial charge is 0.267 e. The van der Waals surface area contributed by atoms with Gasteiger partial charge in [0.2, 0.25) is 0 Å². The van der Waals surface area contributed by atoms with Crippen LogP contribution in [0.2, 0.25) is 0 Å². The average Bonchev–Trinajstić information content (AvgIpc) is 2.59. The number of carbonyl (C=O) groups is 2. The summed E-state index contributed by atoms with van der Waals surface area (Å²) in [5.41, 5.74) is 5.62. The molecule has 5 heteroatoms. The van der Waals surface area contributed by atoms with Crippen molar-refractivity contribution in [3.63, 3.8) is 0 Å². The van der Waals surface area contributed by atoms with Gasteiger partial charge in [-0.2, -0.15) is 0 Å². The summed E-state index contributed by atoms with van der Waals surface area (Å²) < 4.78 is 0. The molecule has 5 nitrogen and oxygen atoms in total. The zero-order valence-electron chi connectivity index (χ0n) is 11.6. The first-order valence-electron chi connectivity index (χ1n) is 6.73. The molecule has 1 heterocycles. The maximum Gasteiger partial charge on any atom is 0.271 e. The van der Waals surface area contributed by atoms with E-state index < -0.39 is 5.91 Å². The molecule has 0 saturated carbocycles. The van der Waals surface area contributed by atoms with Crippen LogP contribution >= 0.6 is 0 Å². The Morgan fingerprint density at radius 1 is 0.773 bits per heavy atom. The molecule has 1 aromatic heterocycles. The van der Waals surface area contributed by atoms with Crippen molar-refractivity contribution in [2.75, 3.05) is 0 Å². The lowest BCUT2D eigenvalue weighted by Crippen LogP contribution is -2.41. The Kier molecular flexibility index (Phi) is 3.78. The molecule has 0 spiro atoms. The van der Waals surface area contributed by atoms with Crippen molar-refractivity contribution in [1.82, 2.24) is 15.8 Å². The van der Waals surface area contributed by atoms with E-state index >= 15 is 0 Å². The van der Waals surface area contributed by atoms with Crippen LogP contribution < -0.4 is 10.9 Å². The fraction of sp³-hybridized carbons (Fsp3) is 0. The van der Waals surface area contributed by atoms with E-state index in [0.29, 0.717) is 11.1 Å². The summed E-state index contributed by atoms with van der Waals surface area (Å²) in [6.07, 6.45) is 3.00. The van der Waals surface area contributed by atoms with Crippen molar-refractivity contribution in [3.8, 4) is 0 Å². The van der Waals surface area contributed by atoms with E-state index in [9.17, 15) is 9.59 Å². The first-order valence-corrected chi connectivity index (χ1v) is 6.73. The number of hydrogen-bond acceptors (Lipinski definition) is 3. The highest BCUT2D eigenvalue weighted by Gasteiger charge is 2.09. The van der Waals surface area contributed by atoms with E-state index in [1.54, 1.807) is 30.5 Å².